The Labute approximate surface area is 151 Å². The van der Waals surface area contributed by atoms with E-state index in [4.69, 9.17) is 0 Å². The van der Waals surface area contributed by atoms with E-state index in [0.29, 0.717) is 12.0 Å². The number of hydrogen-bond acceptors (Lipinski definition) is 2. The van der Waals surface area contributed by atoms with Crippen LogP contribution in [0.3, 0.4) is 0 Å². The second kappa shape index (κ2) is 5.69. The Morgan fingerprint density at radius 2 is 1.92 bits per heavy atom. The maximum absolute atomic E-state index is 12.7. The third-order valence-corrected chi connectivity index (χ3v) is 7.13. The first-order valence-corrected chi connectivity index (χ1v) is 9.74. The van der Waals surface area contributed by atoms with Crippen LogP contribution in [0.4, 0.5) is 5.69 Å². The van der Waals surface area contributed by atoms with Gasteiger partial charge in [-0.1, -0.05) is 28.1 Å². The highest BCUT2D eigenvalue weighted by Crippen LogP contribution is 2.65. The van der Waals surface area contributed by atoms with Crippen molar-refractivity contribution in [3.63, 3.8) is 0 Å². The fraction of sp³-hybridized carbons (Fsp3) is 0.600. The van der Waals surface area contributed by atoms with Gasteiger partial charge in [0.25, 0.3) is 0 Å². The highest BCUT2D eigenvalue weighted by atomic mass is 79.9. The first-order chi connectivity index (χ1) is 11.3. The number of alkyl halides is 1. The van der Waals surface area contributed by atoms with E-state index in [2.05, 4.69) is 21.2 Å². The molecule has 0 unspecified atom stereocenters. The van der Waals surface area contributed by atoms with E-state index < -0.39 is 0 Å². The molecule has 4 fully saturated rings. The van der Waals surface area contributed by atoms with Gasteiger partial charge in [-0.3, -0.25) is 9.59 Å². The number of halogens is 1. The van der Waals surface area contributed by atoms with Gasteiger partial charge in [0.2, 0.25) is 5.91 Å². The van der Waals surface area contributed by atoms with Gasteiger partial charge in [-0.15, -0.1) is 0 Å². The van der Waals surface area contributed by atoms with Crippen molar-refractivity contribution in [1.82, 2.24) is 0 Å². The summed E-state index contributed by atoms with van der Waals surface area (Å²) in [4.78, 5) is 24.2. The zero-order chi connectivity index (χ0) is 16.9. The summed E-state index contributed by atoms with van der Waals surface area (Å²) < 4.78 is 0.284. The quantitative estimate of drug-likeness (QED) is 0.584. The Morgan fingerprint density at radius 3 is 2.54 bits per heavy atom. The van der Waals surface area contributed by atoms with Crippen molar-refractivity contribution in [3.05, 3.63) is 29.8 Å². The number of ketones is 1. The average Bonchev–Trinajstić information content (AvgIpc) is 2.43. The van der Waals surface area contributed by atoms with E-state index in [-0.39, 0.29) is 21.4 Å². The maximum atomic E-state index is 12.7. The van der Waals surface area contributed by atoms with Crippen LogP contribution in [0.2, 0.25) is 0 Å². The van der Waals surface area contributed by atoms with Crippen molar-refractivity contribution in [1.29, 1.82) is 0 Å². The highest BCUT2D eigenvalue weighted by Gasteiger charge is 2.57. The summed E-state index contributed by atoms with van der Waals surface area (Å²) in [6.07, 6.45) is 8.08. The minimum Gasteiger partial charge on any atom is -0.326 e. The first-order valence-electron chi connectivity index (χ1n) is 8.95. The lowest BCUT2D eigenvalue weighted by Crippen LogP contribution is -2.53. The van der Waals surface area contributed by atoms with E-state index in [0.717, 1.165) is 23.9 Å². The van der Waals surface area contributed by atoms with Gasteiger partial charge < -0.3 is 5.32 Å². The van der Waals surface area contributed by atoms with E-state index in [1.54, 1.807) is 19.1 Å². The molecule has 0 aromatic heterocycles. The summed E-state index contributed by atoms with van der Waals surface area (Å²) in [5.74, 6) is 1.70. The van der Waals surface area contributed by atoms with Crippen molar-refractivity contribution in [2.75, 3.05) is 5.32 Å². The molecule has 1 N–H and O–H groups in total. The minimum atomic E-state index is 0.0217. The van der Waals surface area contributed by atoms with E-state index in [1.165, 1.54) is 32.1 Å². The van der Waals surface area contributed by atoms with Crippen LogP contribution >= 0.6 is 15.9 Å². The Morgan fingerprint density at radius 1 is 1.21 bits per heavy atom. The molecular formula is C20H24BrNO2. The molecule has 128 valence electrons. The van der Waals surface area contributed by atoms with Crippen molar-refractivity contribution >= 4 is 33.3 Å². The maximum Gasteiger partial charge on any atom is 0.224 e. The fourth-order valence-electron chi connectivity index (χ4n) is 5.90. The molecule has 24 heavy (non-hydrogen) atoms. The van der Waals surface area contributed by atoms with E-state index in [1.807, 2.05) is 12.1 Å². The van der Waals surface area contributed by atoms with Crippen LogP contribution in [0.1, 0.15) is 62.2 Å². The predicted molar refractivity (Wildman–Crippen MR) is 98.5 cm³/mol. The highest BCUT2D eigenvalue weighted by molar-refractivity contribution is 9.10. The van der Waals surface area contributed by atoms with Crippen molar-refractivity contribution < 1.29 is 9.59 Å². The van der Waals surface area contributed by atoms with Crippen LogP contribution < -0.4 is 5.32 Å². The summed E-state index contributed by atoms with van der Waals surface area (Å²) in [6.45, 7) is 1.55. The van der Waals surface area contributed by atoms with Crippen molar-refractivity contribution in [2.45, 2.75) is 56.2 Å². The standard InChI is InChI=1S/C20H24BrNO2/c1-13(23)16-3-2-4-17(6-16)22-18(24)11-19-7-14-5-15(8-19)10-20(21,9-14)12-19/h2-4,6,14-15H,5,7-12H2,1H3,(H,22,24)/t14-,15-,19?,20?/m1/s1. The van der Waals surface area contributed by atoms with Crippen LogP contribution in [-0.4, -0.2) is 16.0 Å². The molecule has 0 radical (unpaired) electrons. The third-order valence-electron chi connectivity index (χ3n) is 6.20. The molecule has 0 heterocycles. The molecule has 4 saturated carbocycles. The van der Waals surface area contributed by atoms with Crippen LogP contribution in [-0.2, 0) is 4.79 Å². The molecular weight excluding hydrogens is 366 g/mol. The largest absolute Gasteiger partial charge is 0.326 e. The Bertz CT molecular complexity index is 685. The lowest BCUT2D eigenvalue weighted by atomic mass is 9.48. The molecule has 4 bridgehead atoms. The predicted octanol–water partition coefficient (Wildman–Crippen LogP) is 4.95. The van der Waals surface area contributed by atoms with Gasteiger partial charge in [0.1, 0.15) is 0 Å². The summed E-state index contributed by atoms with van der Waals surface area (Å²) in [5, 5.41) is 3.02. The molecule has 3 nitrogen and oxygen atoms in total. The second-order valence-corrected chi connectivity index (χ2v) is 10.2. The number of benzene rings is 1. The summed E-state index contributed by atoms with van der Waals surface area (Å²) in [5.41, 5.74) is 1.54. The van der Waals surface area contributed by atoms with Gasteiger partial charge in [0.15, 0.2) is 5.78 Å². The molecule has 1 aromatic rings. The van der Waals surface area contributed by atoms with Crippen molar-refractivity contribution in [2.24, 2.45) is 17.3 Å². The number of amides is 1. The fourth-order valence-corrected chi connectivity index (χ4v) is 7.41. The number of rotatable bonds is 4. The topological polar surface area (TPSA) is 46.2 Å². The van der Waals surface area contributed by atoms with Gasteiger partial charge in [0.05, 0.1) is 0 Å². The molecule has 5 rings (SSSR count). The zero-order valence-electron chi connectivity index (χ0n) is 14.1. The normalized spacial score (nSPS) is 36.6. The van der Waals surface area contributed by atoms with Gasteiger partial charge in [0, 0.05) is 22.0 Å². The number of nitrogens with one attached hydrogen (secondary N) is 1. The lowest BCUT2D eigenvalue weighted by Gasteiger charge is -2.60. The van der Waals surface area contributed by atoms with Crippen molar-refractivity contribution in [3.8, 4) is 0 Å². The third kappa shape index (κ3) is 3.05. The zero-order valence-corrected chi connectivity index (χ0v) is 15.7. The molecule has 0 aliphatic heterocycles. The monoisotopic (exact) mass is 389 g/mol. The first kappa shape index (κ1) is 16.3. The number of hydrogen-bond donors (Lipinski definition) is 1. The molecule has 4 aliphatic carbocycles. The van der Waals surface area contributed by atoms with E-state index in [9.17, 15) is 9.59 Å². The summed E-state index contributed by atoms with van der Waals surface area (Å²) in [6, 6.07) is 7.23. The number of anilines is 1. The molecule has 1 amide bonds. The smallest absolute Gasteiger partial charge is 0.224 e. The number of carbonyl (C=O) groups excluding carboxylic acids is 2. The number of carbonyl (C=O) groups is 2. The van der Waals surface area contributed by atoms with Gasteiger partial charge in [-0.2, -0.15) is 0 Å². The average molecular weight is 390 g/mol. The lowest BCUT2D eigenvalue weighted by molar-refractivity contribution is -0.123. The summed E-state index contributed by atoms with van der Waals surface area (Å²) >= 11 is 4.01. The van der Waals surface area contributed by atoms with E-state index >= 15 is 0 Å². The Hall–Kier alpha value is -1.16. The molecule has 4 aliphatic rings. The van der Waals surface area contributed by atoms with Crippen LogP contribution in [0.5, 0.6) is 0 Å². The van der Waals surface area contributed by atoms with Gasteiger partial charge in [-0.25, -0.2) is 0 Å². The summed E-state index contributed by atoms with van der Waals surface area (Å²) in [7, 11) is 0. The molecule has 0 spiro atoms. The SMILES string of the molecule is CC(=O)c1cccc(NC(=O)CC23C[C@H]4C[C@@H](CC(Br)(C4)C2)C3)c1. The van der Waals surface area contributed by atoms with Gasteiger partial charge >= 0.3 is 0 Å². The second-order valence-electron chi connectivity index (χ2n) is 8.47. The minimum absolute atomic E-state index is 0.0217. The van der Waals surface area contributed by atoms with Gasteiger partial charge in [-0.05, 0) is 74.8 Å². The molecule has 4 heteroatoms. The molecule has 1 aromatic carbocycles. The van der Waals surface area contributed by atoms with Crippen LogP contribution in [0, 0.1) is 17.3 Å². The van der Waals surface area contributed by atoms with Crippen LogP contribution in [0.25, 0.3) is 0 Å². The Balaban J connectivity index is 1.47. The van der Waals surface area contributed by atoms with Crippen LogP contribution in [0.15, 0.2) is 24.3 Å². The Kier molecular flexibility index (Phi) is 3.87. The molecule has 0 saturated heterocycles. The number of Topliss-reactive ketones (excluding diaryl/α,β-unsaturated/α-hetero) is 1. The molecule has 2 atom stereocenters.